The van der Waals surface area contributed by atoms with Gasteiger partial charge >= 0.3 is 0 Å². The fourth-order valence-corrected chi connectivity index (χ4v) is 7.22. The van der Waals surface area contributed by atoms with Crippen molar-refractivity contribution in [1.82, 2.24) is 0 Å². The van der Waals surface area contributed by atoms with E-state index in [1.54, 1.807) is 0 Å². The molecule has 9 aromatic carbocycles. The smallest absolute Gasteiger partial charge is 0.105 e. The number of hydrogen-bond acceptors (Lipinski definition) is 2. The first-order valence-electron chi connectivity index (χ1n) is 13.8. The largest absolute Gasteiger partial charge is 0.384 e. The molecule has 0 saturated carbocycles. The molecule has 0 heterocycles. The molecule has 0 aliphatic carbocycles. The fraction of sp³-hybridized carbons (Fsp3) is 0.0526. The summed E-state index contributed by atoms with van der Waals surface area (Å²) >= 11 is 0. The van der Waals surface area contributed by atoms with Crippen LogP contribution in [0.5, 0.6) is 0 Å². The van der Waals surface area contributed by atoms with E-state index in [0.29, 0.717) is 0 Å². The summed E-state index contributed by atoms with van der Waals surface area (Å²) in [5.41, 5.74) is 3.61. The standard InChI is InChI=1S/C38H24O2/c39-37(23-7-3-1-4-8-23)29-19-25-13-11-21-12-14-26-20-30(38(40)24-9-5-2-6-10-24)28-18-16-22-15-17-27(29)35-32(22)36(28)34(26)31(21)33(25)35/h1-20,37-40H. The summed E-state index contributed by atoms with van der Waals surface area (Å²) in [4.78, 5) is 0. The number of aliphatic hydroxyl groups is 2. The Labute approximate surface area is 230 Å². The van der Waals surface area contributed by atoms with Crippen molar-refractivity contribution in [3.05, 3.63) is 144 Å². The Balaban J connectivity index is 1.49. The number of aliphatic hydroxyl groups excluding tert-OH is 2. The van der Waals surface area contributed by atoms with E-state index in [4.69, 9.17) is 0 Å². The van der Waals surface area contributed by atoms with E-state index in [9.17, 15) is 10.2 Å². The predicted molar refractivity (Wildman–Crippen MR) is 166 cm³/mol. The quantitative estimate of drug-likeness (QED) is 0.182. The van der Waals surface area contributed by atoms with Gasteiger partial charge in [0.15, 0.2) is 0 Å². The van der Waals surface area contributed by atoms with Crippen molar-refractivity contribution in [2.75, 3.05) is 0 Å². The van der Waals surface area contributed by atoms with Crippen molar-refractivity contribution >= 4 is 64.6 Å². The maximum Gasteiger partial charge on any atom is 0.105 e. The van der Waals surface area contributed by atoms with Gasteiger partial charge in [0.25, 0.3) is 0 Å². The third-order valence-corrected chi connectivity index (χ3v) is 9.00. The molecule has 0 aliphatic rings. The van der Waals surface area contributed by atoms with Crippen molar-refractivity contribution in [3.63, 3.8) is 0 Å². The molecule has 0 radical (unpaired) electrons. The van der Waals surface area contributed by atoms with Crippen molar-refractivity contribution in [2.45, 2.75) is 12.2 Å². The van der Waals surface area contributed by atoms with Gasteiger partial charge in [-0.05, 0) is 99.0 Å². The zero-order chi connectivity index (χ0) is 26.5. The molecule has 0 bridgehead atoms. The molecule has 0 amide bonds. The molecular formula is C38H24O2. The summed E-state index contributed by atoms with van der Waals surface area (Å²) in [6, 6.07) is 41.7. The van der Waals surface area contributed by atoms with Crippen molar-refractivity contribution in [3.8, 4) is 0 Å². The van der Waals surface area contributed by atoms with Crippen LogP contribution in [-0.2, 0) is 0 Å². The van der Waals surface area contributed by atoms with Gasteiger partial charge in [0.05, 0.1) is 0 Å². The molecule has 188 valence electrons. The van der Waals surface area contributed by atoms with Gasteiger partial charge in [-0.1, -0.05) is 109 Å². The second kappa shape index (κ2) is 7.89. The Morgan fingerprint density at radius 2 is 0.700 bits per heavy atom. The minimum Gasteiger partial charge on any atom is -0.384 e. The molecule has 0 aromatic heterocycles. The molecule has 2 N–H and O–H groups in total. The van der Waals surface area contributed by atoms with Gasteiger partial charge in [-0.15, -0.1) is 0 Å². The first kappa shape index (κ1) is 22.1. The van der Waals surface area contributed by atoms with E-state index in [2.05, 4.69) is 60.7 Å². The summed E-state index contributed by atoms with van der Waals surface area (Å²) < 4.78 is 0. The van der Waals surface area contributed by atoms with Gasteiger partial charge in [-0.2, -0.15) is 0 Å². The Bertz CT molecular complexity index is 2180. The topological polar surface area (TPSA) is 40.5 Å². The van der Waals surface area contributed by atoms with Crippen LogP contribution in [0.1, 0.15) is 34.5 Å². The van der Waals surface area contributed by atoms with Gasteiger partial charge < -0.3 is 10.2 Å². The minimum absolute atomic E-state index is 0.735. The number of rotatable bonds is 4. The van der Waals surface area contributed by atoms with Gasteiger partial charge in [-0.3, -0.25) is 0 Å². The summed E-state index contributed by atoms with van der Waals surface area (Å²) in [5, 5.41) is 37.5. The molecule has 2 unspecified atom stereocenters. The minimum atomic E-state index is -0.735. The van der Waals surface area contributed by atoms with Crippen LogP contribution < -0.4 is 0 Å². The van der Waals surface area contributed by atoms with Crippen LogP contribution in [-0.4, -0.2) is 10.2 Å². The normalized spacial score (nSPS) is 14.1. The van der Waals surface area contributed by atoms with Crippen molar-refractivity contribution < 1.29 is 10.2 Å². The van der Waals surface area contributed by atoms with E-state index in [1.165, 1.54) is 43.1 Å². The van der Waals surface area contributed by atoms with Crippen LogP contribution in [0.25, 0.3) is 64.6 Å². The maximum atomic E-state index is 11.7. The highest BCUT2D eigenvalue weighted by atomic mass is 16.3. The molecule has 2 heteroatoms. The third-order valence-electron chi connectivity index (χ3n) is 9.00. The van der Waals surface area contributed by atoms with E-state index in [1.807, 2.05) is 60.7 Å². The average molecular weight is 513 g/mol. The monoisotopic (exact) mass is 512 g/mol. The summed E-state index contributed by atoms with van der Waals surface area (Å²) in [6.45, 7) is 0. The van der Waals surface area contributed by atoms with Crippen LogP contribution in [0.2, 0.25) is 0 Å². The average Bonchev–Trinajstić information content (AvgIpc) is 3.03. The second-order valence-electron chi connectivity index (χ2n) is 11.1. The molecule has 2 nitrogen and oxygen atoms in total. The fourth-order valence-electron chi connectivity index (χ4n) is 7.22. The second-order valence-corrected chi connectivity index (χ2v) is 11.1. The lowest BCUT2D eigenvalue weighted by Crippen LogP contribution is -2.04. The van der Waals surface area contributed by atoms with Crippen LogP contribution >= 0.6 is 0 Å². The Morgan fingerprint density at radius 3 is 1.15 bits per heavy atom. The molecular weight excluding hydrogens is 488 g/mol. The summed E-state index contributed by atoms with van der Waals surface area (Å²) in [7, 11) is 0. The Hall–Kier alpha value is -4.76. The first-order chi connectivity index (χ1) is 19.7. The van der Waals surface area contributed by atoms with Gasteiger partial charge in [0.2, 0.25) is 0 Å². The lowest BCUT2D eigenvalue weighted by molar-refractivity contribution is 0.222. The highest BCUT2D eigenvalue weighted by molar-refractivity contribution is 6.45. The van der Waals surface area contributed by atoms with E-state index in [-0.39, 0.29) is 0 Å². The zero-order valence-corrected chi connectivity index (χ0v) is 21.6. The van der Waals surface area contributed by atoms with Gasteiger partial charge in [0.1, 0.15) is 12.2 Å². The first-order valence-corrected chi connectivity index (χ1v) is 13.8. The van der Waals surface area contributed by atoms with Gasteiger partial charge in [0, 0.05) is 0 Å². The summed E-state index contributed by atoms with van der Waals surface area (Å²) in [6.07, 6.45) is -1.47. The maximum absolute atomic E-state index is 11.7. The zero-order valence-electron chi connectivity index (χ0n) is 21.6. The van der Waals surface area contributed by atoms with Crippen LogP contribution in [0, 0.1) is 0 Å². The molecule has 2 atom stereocenters. The highest BCUT2D eigenvalue weighted by Crippen LogP contribution is 2.51. The summed E-state index contributed by atoms with van der Waals surface area (Å²) in [5.74, 6) is 0. The molecule has 40 heavy (non-hydrogen) atoms. The Kier molecular flexibility index (Phi) is 4.36. The molecule has 0 fully saturated rings. The molecule has 9 rings (SSSR count). The molecule has 0 spiro atoms. The molecule has 0 saturated heterocycles. The lowest BCUT2D eigenvalue weighted by Gasteiger charge is -2.25. The SMILES string of the molecule is OC(c1ccccc1)c1cc2ccc3ccc4cc(C(O)c5ccccc5)c5ccc6ccc1c1c2c3c4c5c61. The molecule has 0 aliphatic heterocycles. The van der Waals surface area contributed by atoms with E-state index in [0.717, 1.165) is 43.8 Å². The lowest BCUT2D eigenvalue weighted by atomic mass is 9.79. The number of benzene rings is 9. The molecule has 9 aromatic rings. The van der Waals surface area contributed by atoms with Crippen molar-refractivity contribution in [1.29, 1.82) is 0 Å². The predicted octanol–water partition coefficient (Wildman–Crippen LogP) is 9.08. The van der Waals surface area contributed by atoms with Crippen LogP contribution in [0.15, 0.2) is 121 Å². The highest BCUT2D eigenvalue weighted by Gasteiger charge is 2.26. The van der Waals surface area contributed by atoms with Crippen molar-refractivity contribution in [2.24, 2.45) is 0 Å². The third kappa shape index (κ3) is 2.79. The van der Waals surface area contributed by atoms with Crippen LogP contribution in [0.3, 0.4) is 0 Å². The Morgan fingerprint density at radius 1 is 0.350 bits per heavy atom. The van der Waals surface area contributed by atoms with E-state index >= 15 is 0 Å². The number of hydrogen-bond donors (Lipinski definition) is 2. The van der Waals surface area contributed by atoms with Gasteiger partial charge in [-0.25, -0.2) is 0 Å². The van der Waals surface area contributed by atoms with E-state index < -0.39 is 12.2 Å². The van der Waals surface area contributed by atoms with Crippen LogP contribution in [0.4, 0.5) is 0 Å².